The Bertz CT molecular complexity index is 541. The average molecular weight is 387 g/mol. The summed E-state index contributed by atoms with van der Waals surface area (Å²) < 4.78 is 1.14. The molecular formula is C13H10INO5. The molecule has 0 saturated carbocycles. The van der Waals surface area contributed by atoms with Crippen LogP contribution in [-0.4, -0.2) is 21.1 Å². The highest BCUT2D eigenvalue weighted by Crippen LogP contribution is 2.11. The second kappa shape index (κ2) is 7.43. The van der Waals surface area contributed by atoms with Crippen LogP contribution in [0.3, 0.4) is 0 Å². The minimum atomic E-state index is -1.09. The number of non-ortho nitro benzene ring substituents is 1. The van der Waals surface area contributed by atoms with E-state index in [1.165, 1.54) is 12.1 Å². The van der Waals surface area contributed by atoms with Crippen molar-refractivity contribution in [1.29, 1.82) is 0 Å². The number of carboxylic acid groups (broad SMARTS) is 1. The molecule has 2 aromatic rings. The lowest BCUT2D eigenvalue weighted by Crippen LogP contribution is -1.96. The van der Waals surface area contributed by atoms with Crippen molar-refractivity contribution in [1.82, 2.24) is 0 Å². The number of carboxylic acids is 1. The molecule has 2 N–H and O–H groups in total. The number of halogens is 1. The maximum Gasteiger partial charge on any atom is 0.335 e. The Kier molecular flexibility index (Phi) is 5.91. The minimum absolute atomic E-state index is 0.0422. The van der Waals surface area contributed by atoms with Crippen LogP contribution in [0.15, 0.2) is 48.5 Å². The Morgan fingerprint density at radius 3 is 1.90 bits per heavy atom. The lowest BCUT2D eigenvalue weighted by Gasteiger charge is -1.92. The van der Waals surface area contributed by atoms with E-state index in [0.29, 0.717) is 5.75 Å². The largest absolute Gasteiger partial charge is 0.508 e. The van der Waals surface area contributed by atoms with Crippen LogP contribution in [0.25, 0.3) is 0 Å². The third-order valence-electron chi connectivity index (χ3n) is 2.15. The Morgan fingerprint density at radius 2 is 1.55 bits per heavy atom. The zero-order valence-corrected chi connectivity index (χ0v) is 12.2. The van der Waals surface area contributed by atoms with Gasteiger partial charge in [-0.1, -0.05) is 0 Å². The third kappa shape index (κ3) is 5.22. The van der Waals surface area contributed by atoms with Crippen LogP contribution in [0.2, 0.25) is 0 Å². The minimum Gasteiger partial charge on any atom is -0.508 e. The number of hydrogen-bond donors (Lipinski definition) is 2. The molecule has 0 heterocycles. The van der Waals surface area contributed by atoms with Crippen molar-refractivity contribution < 1.29 is 19.9 Å². The normalized spacial score (nSPS) is 9.25. The number of nitro groups is 1. The molecule has 0 bridgehead atoms. The maximum absolute atomic E-state index is 10.3. The first-order valence-electron chi connectivity index (χ1n) is 5.32. The Morgan fingerprint density at radius 1 is 1.05 bits per heavy atom. The molecule has 0 aliphatic heterocycles. The van der Waals surface area contributed by atoms with Crippen molar-refractivity contribution in [3.63, 3.8) is 0 Å². The van der Waals surface area contributed by atoms with E-state index in [1.54, 1.807) is 12.1 Å². The van der Waals surface area contributed by atoms with Gasteiger partial charge in [-0.15, -0.1) is 0 Å². The lowest BCUT2D eigenvalue weighted by molar-refractivity contribution is -0.384. The van der Waals surface area contributed by atoms with Gasteiger partial charge in [-0.25, -0.2) is 4.79 Å². The topological polar surface area (TPSA) is 101 Å². The zero-order chi connectivity index (χ0) is 15.1. The summed E-state index contributed by atoms with van der Waals surface area (Å²) >= 11 is 2.19. The van der Waals surface area contributed by atoms with E-state index < -0.39 is 10.9 Å². The van der Waals surface area contributed by atoms with Crippen LogP contribution in [0.4, 0.5) is 5.69 Å². The van der Waals surface area contributed by atoms with Gasteiger partial charge >= 0.3 is 5.97 Å². The van der Waals surface area contributed by atoms with E-state index in [4.69, 9.17) is 10.2 Å². The van der Waals surface area contributed by atoms with Gasteiger partial charge in [0.15, 0.2) is 0 Å². The maximum atomic E-state index is 10.3. The van der Waals surface area contributed by atoms with Crippen LogP contribution >= 0.6 is 22.6 Å². The Balaban J connectivity index is 0.000000217. The van der Waals surface area contributed by atoms with Crippen molar-refractivity contribution in [2.45, 2.75) is 0 Å². The van der Waals surface area contributed by atoms with E-state index in [0.717, 1.165) is 15.7 Å². The molecule has 104 valence electrons. The summed E-state index contributed by atoms with van der Waals surface area (Å²) in [5, 5.41) is 27.3. The van der Waals surface area contributed by atoms with Gasteiger partial charge in [0.2, 0.25) is 0 Å². The number of aromatic carboxylic acids is 1. The molecule has 0 aromatic heterocycles. The molecule has 0 amide bonds. The van der Waals surface area contributed by atoms with E-state index in [1.807, 2.05) is 12.1 Å². The van der Waals surface area contributed by atoms with Gasteiger partial charge in [-0.3, -0.25) is 10.1 Å². The van der Waals surface area contributed by atoms with E-state index >= 15 is 0 Å². The fourth-order valence-corrected chi connectivity index (χ4v) is 1.53. The van der Waals surface area contributed by atoms with Crippen molar-refractivity contribution >= 4 is 34.2 Å². The number of phenolic OH excluding ortho intramolecular Hbond substituents is 1. The summed E-state index contributed by atoms with van der Waals surface area (Å²) in [6, 6.07) is 11.8. The molecular weight excluding hydrogens is 377 g/mol. The van der Waals surface area contributed by atoms with E-state index in [-0.39, 0.29) is 11.3 Å². The van der Waals surface area contributed by atoms with E-state index in [2.05, 4.69) is 22.6 Å². The third-order valence-corrected chi connectivity index (χ3v) is 2.87. The SMILES string of the molecule is O=C(O)c1ccc([N+](=O)[O-])cc1.Oc1ccc(I)cc1. The highest BCUT2D eigenvalue weighted by Gasteiger charge is 2.06. The Labute approximate surface area is 128 Å². The van der Waals surface area contributed by atoms with Crippen LogP contribution in [-0.2, 0) is 0 Å². The number of carbonyl (C=O) groups is 1. The van der Waals surface area contributed by atoms with Gasteiger partial charge in [-0.05, 0) is 59.0 Å². The molecule has 20 heavy (non-hydrogen) atoms. The molecule has 0 atom stereocenters. The van der Waals surface area contributed by atoms with Gasteiger partial charge in [0.1, 0.15) is 5.75 Å². The monoisotopic (exact) mass is 387 g/mol. The quantitative estimate of drug-likeness (QED) is 0.468. The summed E-state index contributed by atoms with van der Waals surface area (Å²) in [7, 11) is 0. The molecule has 0 unspecified atom stereocenters. The van der Waals surface area contributed by atoms with Crippen molar-refractivity contribution in [3.05, 3.63) is 67.8 Å². The zero-order valence-electron chi connectivity index (χ0n) is 10.1. The highest BCUT2D eigenvalue weighted by molar-refractivity contribution is 14.1. The average Bonchev–Trinajstić information content (AvgIpc) is 2.43. The first kappa shape index (κ1) is 15.9. The number of hydrogen-bond acceptors (Lipinski definition) is 4. The molecule has 2 aromatic carbocycles. The summed E-state index contributed by atoms with van der Waals surface area (Å²) in [5.41, 5.74) is -0.0689. The van der Waals surface area contributed by atoms with Gasteiger partial charge in [0.05, 0.1) is 10.5 Å². The summed E-state index contributed by atoms with van der Waals surface area (Å²) in [6.07, 6.45) is 0. The summed E-state index contributed by atoms with van der Waals surface area (Å²) in [5.74, 6) is -0.768. The molecule has 0 spiro atoms. The fraction of sp³-hybridized carbons (Fsp3) is 0. The molecule has 2 rings (SSSR count). The van der Waals surface area contributed by atoms with Crippen LogP contribution in [0.1, 0.15) is 10.4 Å². The molecule has 0 saturated heterocycles. The van der Waals surface area contributed by atoms with Crippen LogP contribution in [0.5, 0.6) is 5.75 Å². The van der Waals surface area contributed by atoms with E-state index in [9.17, 15) is 14.9 Å². The van der Waals surface area contributed by atoms with Crippen molar-refractivity contribution in [2.75, 3.05) is 0 Å². The number of phenols is 1. The van der Waals surface area contributed by atoms with Gasteiger partial charge < -0.3 is 10.2 Å². The second-order valence-corrected chi connectivity index (χ2v) is 4.83. The van der Waals surface area contributed by atoms with Crippen LogP contribution < -0.4 is 0 Å². The molecule has 0 fully saturated rings. The van der Waals surface area contributed by atoms with Gasteiger partial charge in [0, 0.05) is 15.7 Å². The summed E-state index contributed by atoms with van der Waals surface area (Å²) in [6.45, 7) is 0. The Hall–Kier alpha value is -2.16. The predicted octanol–water partition coefficient (Wildman–Crippen LogP) is 3.29. The molecule has 7 heteroatoms. The van der Waals surface area contributed by atoms with Crippen molar-refractivity contribution in [3.8, 4) is 5.75 Å². The fourth-order valence-electron chi connectivity index (χ4n) is 1.17. The van der Waals surface area contributed by atoms with Crippen LogP contribution in [0, 0.1) is 13.7 Å². The lowest BCUT2D eigenvalue weighted by atomic mass is 10.2. The number of nitro benzene ring substituents is 1. The predicted molar refractivity (Wildman–Crippen MR) is 80.9 cm³/mol. The molecule has 6 nitrogen and oxygen atoms in total. The first-order chi connectivity index (χ1) is 9.40. The number of benzene rings is 2. The molecule has 0 aliphatic rings. The van der Waals surface area contributed by atoms with Crippen molar-refractivity contribution in [2.24, 2.45) is 0 Å². The number of nitrogens with zero attached hydrogens (tertiary/aromatic N) is 1. The van der Waals surface area contributed by atoms with Gasteiger partial charge in [0.25, 0.3) is 5.69 Å². The van der Waals surface area contributed by atoms with Gasteiger partial charge in [-0.2, -0.15) is 0 Å². The molecule has 0 radical (unpaired) electrons. The summed E-state index contributed by atoms with van der Waals surface area (Å²) in [4.78, 5) is 19.9. The smallest absolute Gasteiger partial charge is 0.335 e. The first-order valence-corrected chi connectivity index (χ1v) is 6.40. The second-order valence-electron chi connectivity index (χ2n) is 3.59. The number of aromatic hydroxyl groups is 1. The highest BCUT2D eigenvalue weighted by atomic mass is 127. The standard InChI is InChI=1S/C7H5NO4.C6H5IO/c9-7(10)5-1-3-6(4-2-5)8(11)12;7-5-1-3-6(8)4-2-5/h1-4H,(H,9,10);1-4,8H. The number of rotatable bonds is 2. The molecule has 0 aliphatic carbocycles.